The minimum Gasteiger partial charge on any atom is -0.507 e. The van der Waals surface area contributed by atoms with Crippen LogP contribution in [-0.2, 0) is 0 Å². The number of aromatic hydroxyl groups is 2. The molecule has 2 aromatic rings. The third-order valence-electron chi connectivity index (χ3n) is 3.81. The molecular formula is C18H19ClN2O5. The Morgan fingerprint density at radius 2 is 1.73 bits per heavy atom. The van der Waals surface area contributed by atoms with E-state index in [1.807, 2.05) is 0 Å². The van der Waals surface area contributed by atoms with E-state index in [1.54, 1.807) is 13.8 Å². The summed E-state index contributed by atoms with van der Waals surface area (Å²) in [7, 11) is 2.72. The van der Waals surface area contributed by atoms with Gasteiger partial charge in [0.15, 0.2) is 11.5 Å². The van der Waals surface area contributed by atoms with Crippen molar-refractivity contribution in [1.82, 2.24) is 5.43 Å². The highest BCUT2D eigenvalue weighted by atomic mass is 35.5. The molecule has 0 aliphatic heterocycles. The highest BCUT2D eigenvalue weighted by Gasteiger charge is 2.15. The third kappa shape index (κ3) is 3.83. The number of halogens is 1. The number of nitrogens with zero attached hydrogens (tertiary/aromatic N) is 1. The average Bonchev–Trinajstić information content (AvgIpc) is 2.62. The number of benzene rings is 2. The van der Waals surface area contributed by atoms with Crippen molar-refractivity contribution in [3.05, 3.63) is 45.5 Å². The molecule has 2 aromatic carbocycles. The molecule has 3 N–H and O–H groups in total. The first-order valence-electron chi connectivity index (χ1n) is 7.57. The lowest BCUT2D eigenvalue weighted by Crippen LogP contribution is -2.18. The molecule has 2 rings (SSSR count). The first kappa shape index (κ1) is 19.4. The predicted octanol–water partition coefficient (Wildman–Crippen LogP) is 3.15. The smallest absolute Gasteiger partial charge is 0.271 e. The number of hydrogen-bond donors (Lipinski definition) is 3. The number of nitrogens with one attached hydrogen (secondary N) is 1. The summed E-state index contributed by atoms with van der Waals surface area (Å²) in [6, 6.07) is 4.23. The summed E-state index contributed by atoms with van der Waals surface area (Å²) in [4.78, 5) is 12.3. The summed E-state index contributed by atoms with van der Waals surface area (Å²) in [5.74, 6) is -0.553. The monoisotopic (exact) mass is 378 g/mol. The van der Waals surface area contributed by atoms with Gasteiger partial charge < -0.3 is 19.7 Å². The van der Waals surface area contributed by atoms with Crippen molar-refractivity contribution in [2.45, 2.75) is 13.8 Å². The van der Waals surface area contributed by atoms with Gasteiger partial charge in [-0.25, -0.2) is 5.43 Å². The van der Waals surface area contributed by atoms with E-state index in [9.17, 15) is 15.0 Å². The van der Waals surface area contributed by atoms with Crippen LogP contribution in [0.4, 0.5) is 0 Å². The van der Waals surface area contributed by atoms with Crippen LogP contribution in [0.1, 0.15) is 27.0 Å². The maximum absolute atomic E-state index is 12.3. The van der Waals surface area contributed by atoms with Crippen LogP contribution < -0.4 is 14.9 Å². The molecule has 0 aliphatic carbocycles. The Morgan fingerprint density at radius 1 is 1.15 bits per heavy atom. The molecule has 0 aliphatic rings. The highest BCUT2D eigenvalue weighted by molar-refractivity contribution is 6.32. The Labute approximate surface area is 155 Å². The van der Waals surface area contributed by atoms with E-state index in [1.165, 1.54) is 38.6 Å². The molecule has 0 bridgehead atoms. The fourth-order valence-electron chi connectivity index (χ4n) is 2.36. The Kier molecular flexibility index (Phi) is 5.94. The lowest BCUT2D eigenvalue weighted by Gasteiger charge is -2.10. The fraction of sp³-hybridized carbons (Fsp3) is 0.222. The lowest BCUT2D eigenvalue weighted by molar-refractivity contribution is 0.0954. The number of phenolic OH excluding ortho intramolecular Hbond substituents is 2. The van der Waals surface area contributed by atoms with E-state index >= 15 is 0 Å². The summed E-state index contributed by atoms with van der Waals surface area (Å²) in [6.07, 6.45) is 1.31. The number of phenols is 2. The van der Waals surface area contributed by atoms with Crippen LogP contribution in [0.2, 0.25) is 5.02 Å². The highest BCUT2D eigenvalue weighted by Crippen LogP contribution is 2.37. The van der Waals surface area contributed by atoms with E-state index in [0.717, 1.165) is 5.56 Å². The zero-order chi connectivity index (χ0) is 19.4. The second-order valence-corrected chi connectivity index (χ2v) is 5.87. The number of ether oxygens (including phenoxy) is 2. The van der Waals surface area contributed by atoms with Crippen molar-refractivity contribution in [3.63, 3.8) is 0 Å². The first-order valence-corrected chi connectivity index (χ1v) is 7.95. The van der Waals surface area contributed by atoms with Crippen molar-refractivity contribution >= 4 is 23.7 Å². The third-order valence-corrected chi connectivity index (χ3v) is 4.39. The van der Waals surface area contributed by atoms with Crippen molar-refractivity contribution in [1.29, 1.82) is 0 Å². The molecule has 8 heteroatoms. The van der Waals surface area contributed by atoms with E-state index in [4.69, 9.17) is 21.1 Å². The van der Waals surface area contributed by atoms with Crippen molar-refractivity contribution in [2.75, 3.05) is 14.2 Å². The van der Waals surface area contributed by atoms with Crippen LogP contribution >= 0.6 is 11.6 Å². The molecule has 0 saturated heterocycles. The Balaban J connectivity index is 2.25. The van der Waals surface area contributed by atoms with Crippen LogP contribution in [0.5, 0.6) is 23.0 Å². The Bertz CT molecular complexity index is 855. The van der Waals surface area contributed by atoms with Gasteiger partial charge in [0, 0.05) is 16.1 Å². The molecule has 0 fully saturated rings. The van der Waals surface area contributed by atoms with Gasteiger partial charge in [0.25, 0.3) is 5.91 Å². The normalized spacial score (nSPS) is 10.8. The van der Waals surface area contributed by atoms with Crippen LogP contribution in [0.3, 0.4) is 0 Å². The molecule has 7 nitrogen and oxygen atoms in total. The van der Waals surface area contributed by atoms with Crippen LogP contribution in [0.15, 0.2) is 23.3 Å². The molecule has 0 heterocycles. The van der Waals surface area contributed by atoms with Gasteiger partial charge in [-0.2, -0.15) is 5.10 Å². The van der Waals surface area contributed by atoms with Crippen LogP contribution in [0.25, 0.3) is 0 Å². The van der Waals surface area contributed by atoms with Crippen molar-refractivity contribution in [2.24, 2.45) is 5.10 Å². The topological polar surface area (TPSA) is 100 Å². The molecule has 26 heavy (non-hydrogen) atoms. The van der Waals surface area contributed by atoms with Crippen molar-refractivity contribution in [3.8, 4) is 23.0 Å². The average molecular weight is 379 g/mol. The number of amides is 1. The first-order chi connectivity index (χ1) is 12.3. The Morgan fingerprint density at radius 3 is 2.27 bits per heavy atom. The molecule has 0 aromatic heterocycles. The van der Waals surface area contributed by atoms with Gasteiger partial charge in [0.2, 0.25) is 5.75 Å². The zero-order valence-electron chi connectivity index (χ0n) is 14.8. The van der Waals surface area contributed by atoms with E-state index in [0.29, 0.717) is 16.1 Å². The SMILES string of the molecule is COc1cc(C(=O)N/N=C/c2c(O)cc(C)c(Cl)c2C)cc(OC)c1O. The number of carbonyl (C=O) groups is 1. The van der Waals surface area contributed by atoms with E-state index in [2.05, 4.69) is 10.5 Å². The second-order valence-electron chi connectivity index (χ2n) is 5.49. The number of hydrazone groups is 1. The van der Waals surface area contributed by atoms with Crippen LogP contribution in [0, 0.1) is 13.8 Å². The maximum Gasteiger partial charge on any atom is 0.271 e. The molecular weight excluding hydrogens is 360 g/mol. The molecule has 0 saturated carbocycles. The minimum atomic E-state index is -0.548. The molecule has 138 valence electrons. The second kappa shape index (κ2) is 7.97. The van der Waals surface area contributed by atoms with Crippen molar-refractivity contribution < 1.29 is 24.5 Å². The number of carbonyl (C=O) groups excluding carboxylic acids is 1. The Hall–Kier alpha value is -2.93. The molecule has 0 spiro atoms. The van der Waals surface area contributed by atoms with Gasteiger partial charge in [-0.05, 0) is 43.2 Å². The number of methoxy groups -OCH3 is 2. The van der Waals surface area contributed by atoms with Gasteiger partial charge in [0.1, 0.15) is 5.75 Å². The molecule has 0 radical (unpaired) electrons. The van der Waals surface area contributed by atoms with Gasteiger partial charge in [-0.1, -0.05) is 11.6 Å². The van der Waals surface area contributed by atoms with Gasteiger partial charge >= 0.3 is 0 Å². The van der Waals surface area contributed by atoms with Gasteiger partial charge in [0.05, 0.1) is 20.4 Å². The van der Waals surface area contributed by atoms with E-state index < -0.39 is 5.91 Å². The zero-order valence-corrected chi connectivity index (χ0v) is 15.5. The summed E-state index contributed by atoms with van der Waals surface area (Å²) in [5.41, 5.74) is 4.31. The number of aryl methyl sites for hydroxylation is 1. The van der Waals surface area contributed by atoms with Gasteiger partial charge in [-0.3, -0.25) is 4.79 Å². The standard InChI is InChI=1S/C18H19ClN2O5/c1-9-5-13(22)12(10(2)16(9)19)8-20-21-18(24)11-6-14(25-3)17(23)15(7-11)26-4/h5-8,22-23H,1-4H3,(H,21,24)/b20-8+. The van der Waals surface area contributed by atoms with E-state index in [-0.39, 0.29) is 28.6 Å². The quantitative estimate of drug-likeness (QED) is 0.548. The molecule has 0 atom stereocenters. The summed E-state index contributed by atoms with van der Waals surface area (Å²) < 4.78 is 10.0. The molecule has 1 amide bonds. The summed E-state index contributed by atoms with van der Waals surface area (Å²) in [5, 5.41) is 24.3. The minimum absolute atomic E-state index is 0.00960. The number of hydrogen-bond acceptors (Lipinski definition) is 6. The predicted molar refractivity (Wildman–Crippen MR) is 98.9 cm³/mol. The fourth-order valence-corrected chi connectivity index (χ4v) is 2.52. The maximum atomic E-state index is 12.3. The molecule has 0 unspecified atom stereocenters. The summed E-state index contributed by atoms with van der Waals surface area (Å²) >= 11 is 6.16. The largest absolute Gasteiger partial charge is 0.507 e. The van der Waals surface area contributed by atoms with Crippen LogP contribution in [-0.4, -0.2) is 36.6 Å². The summed E-state index contributed by atoms with van der Waals surface area (Å²) in [6.45, 7) is 3.53. The lowest BCUT2D eigenvalue weighted by atomic mass is 10.1. The van der Waals surface area contributed by atoms with Gasteiger partial charge in [-0.15, -0.1) is 0 Å². The number of rotatable bonds is 5.